The minimum Gasteiger partial charge on any atom is -0.494 e. The Labute approximate surface area is 134 Å². The molecule has 5 nitrogen and oxygen atoms in total. The lowest BCUT2D eigenvalue weighted by Gasteiger charge is -2.22. The lowest BCUT2D eigenvalue weighted by molar-refractivity contribution is 0.102. The molecule has 0 fully saturated rings. The Bertz CT molecular complexity index is 861. The van der Waals surface area contributed by atoms with Gasteiger partial charge in [0.2, 0.25) is 5.88 Å². The number of anilines is 1. The molecular formula is C18H19N3O2. The van der Waals surface area contributed by atoms with E-state index in [9.17, 15) is 9.90 Å². The van der Waals surface area contributed by atoms with Gasteiger partial charge in [-0.05, 0) is 45.0 Å². The first-order valence-electron chi connectivity index (χ1n) is 7.45. The third kappa shape index (κ3) is 2.65. The lowest BCUT2D eigenvalue weighted by atomic mass is 10.1. The van der Waals surface area contributed by atoms with Gasteiger partial charge in [0.15, 0.2) is 0 Å². The van der Waals surface area contributed by atoms with Gasteiger partial charge in [-0.25, -0.2) is 4.98 Å². The molecule has 2 aromatic heterocycles. The predicted molar refractivity (Wildman–Crippen MR) is 90.8 cm³/mol. The first-order valence-corrected chi connectivity index (χ1v) is 7.45. The van der Waals surface area contributed by atoms with Gasteiger partial charge in [0.1, 0.15) is 11.2 Å². The van der Waals surface area contributed by atoms with Crippen molar-refractivity contribution in [2.24, 2.45) is 0 Å². The molecule has 0 spiro atoms. The number of rotatable bonds is 2. The van der Waals surface area contributed by atoms with Crippen LogP contribution in [0.1, 0.15) is 31.1 Å². The van der Waals surface area contributed by atoms with Crippen LogP contribution >= 0.6 is 0 Å². The highest BCUT2D eigenvalue weighted by Crippen LogP contribution is 2.35. The third-order valence-electron chi connectivity index (χ3n) is 3.63. The summed E-state index contributed by atoms with van der Waals surface area (Å²) < 4.78 is 1.68. The Morgan fingerprint density at radius 1 is 1.13 bits per heavy atom. The van der Waals surface area contributed by atoms with Crippen molar-refractivity contribution in [3.05, 3.63) is 54.2 Å². The molecule has 0 radical (unpaired) electrons. The van der Waals surface area contributed by atoms with Gasteiger partial charge in [-0.2, -0.15) is 0 Å². The number of hydrogen-bond donors (Lipinski definition) is 2. The van der Waals surface area contributed by atoms with Crippen LogP contribution in [-0.2, 0) is 5.54 Å². The summed E-state index contributed by atoms with van der Waals surface area (Å²) >= 11 is 0. The summed E-state index contributed by atoms with van der Waals surface area (Å²) in [5, 5.41) is 14.1. The normalized spacial score (nSPS) is 11.6. The van der Waals surface area contributed by atoms with Gasteiger partial charge in [-0.1, -0.05) is 18.2 Å². The van der Waals surface area contributed by atoms with E-state index >= 15 is 0 Å². The number of aromatic nitrogens is 2. The maximum absolute atomic E-state index is 12.7. The molecule has 0 saturated carbocycles. The lowest BCUT2D eigenvalue weighted by Crippen LogP contribution is -2.22. The SMILES string of the molecule is CC(C)(C)n1c(O)c(C(=O)Nc2ccccc2)c2cccnc21. The fourth-order valence-corrected chi connectivity index (χ4v) is 2.68. The number of benzene rings is 1. The number of pyridine rings is 1. The number of carbonyl (C=O) groups is 1. The smallest absolute Gasteiger partial charge is 0.261 e. The summed E-state index contributed by atoms with van der Waals surface area (Å²) in [6.07, 6.45) is 1.66. The second-order valence-corrected chi connectivity index (χ2v) is 6.40. The minimum atomic E-state index is -0.401. The van der Waals surface area contributed by atoms with E-state index < -0.39 is 5.54 Å². The van der Waals surface area contributed by atoms with E-state index in [1.165, 1.54) is 0 Å². The van der Waals surface area contributed by atoms with E-state index in [0.717, 1.165) is 0 Å². The zero-order chi connectivity index (χ0) is 16.6. The van der Waals surface area contributed by atoms with Crippen molar-refractivity contribution >= 4 is 22.6 Å². The van der Waals surface area contributed by atoms with E-state index in [0.29, 0.717) is 16.7 Å². The maximum Gasteiger partial charge on any atom is 0.261 e. The van der Waals surface area contributed by atoms with Crippen molar-refractivity contribution in [1.29, 1.82) is 0 Å². The molecule has 0 atom stereocenters. The van der Waals surface area contributed by atoms with Gasteiger partial charge in [-0.3, -0.25) is 9.36 Å². The van der Waals surface area contributed by atoms with Crippen LogP contribution in [0.2, 0.25) is 0 Å². The summed E-state index contributed by atoms with van der Waals surface area (Å²) in [6, 6.07) is 12.7. The standard InChI is InChI=1S/C18H19N3O2/c1-18(2,3)21-15-13(10-7-11-19-15)14(17(21)23)16(22)20-12-8-5-4-6-9-12/h4-11,23H,1-3H3,(H,20,22). The van der Waals surface area contributed by atoms with Gasteiger partial charge in [-0.15, -0.1) is 0 Å². The van der Waals surface area contributed by atoms with Crippen molar-refractivity contribution in [2.45, 2.75) is 26.3 Å². The van der Waals surface area contributed by atoms with Crippen molar-refractivity contribution in [3.63, 3.8) is 0 Å². The molecule has 2 N–H and O–H groups in total. The van der Waals surface area contributed by atoms with E-state index in [-0.39, 0.29) is 17.4 Å². The molecule has 3 aromatic rings. The number of nitrogens with one attached hydrogen (secondary N) is 1. The highest BCUT2D eigenvalue weighted by molar-refractivity contribution is 6.14. The molecule has 1 aromatic carbocycles. The second kappa shape index (κ2) is 5.43. The molecule has 118 valence electrons. The van der Waals surface area contributed by atoms with Gasteiger partial charge < -0.3 is 10.4 Å². The van der Waals surface area contributed by atoms with Crippen LogP contribution in [0.3, 0.4) is 0 Å². The minimum absolute atomic E-state index is 0.0698. The quantitative estimate of drug-likeness (QED) is 0.757. The second-order valence-electron chi connectivity index (χ2n) is 6.40. The molecule has 0 aliphatic carbocycles. The van der Waals surface area contributed by atoms with Crippen molar-refractivity contribution in [1.82, 2.24) is 9.55 Å². The highest BCUT2D eigenvalue weighted by atomic mass is 16.3. The van der Waals surface area contributed by atoms with E-state index in [1.807, 2.05) is 39.0 Å². The zero-order valence-corrected chi connectivity index (χ0v) is 13.4. The van der Waals surface area contributed by atoms with Crippen LogP contribution in [-0.4, -0.2) is 20.6 Å². The fraction of sp³-hybridized carbons (Fsp3) is 0.222. The molecule has 5 heteroatoms. The Hall–Kier alpha value is -2.82. The van der Waals surface area contributed by atoms with Crippen LogP contribution in [0.4, 0.5) is 5.69 Å². The van der Waals surface area contributed by atoms with E-state index in [2.05, 4.69) is 10.3 Å². The summed E-state index contributed by atoms with van der Waals surface area (Å²) in [6.45, 7) is 5.87. The number of hydrogen-bond acceptors (Lipinski definition) is 3. The number of nitrogens with zero attached hydrogens (tertiary/aromatic N) is 2. The summed E-state index contributed by atoms with van der Waals surface area (Å²) in [4.78, 5) is 17.0. The maximum atomic E-state index is 12.7. The molecule has 0 unspecified atom stereocenters. The van der Waals surface area contributed by atoms with Crippen LogP contribution in [0.25, 0.3) is 11.0 Å². The molecule has 0 saturated heterocycles. The largest absolute Gasteiger partial charge is 0.494 e. The van der Waals surface area contributed by atoms with E-state index in [1.54, 1.807) is 35.0 Å². The van der Waals surface area contributed by atoms with Gasteiger partial charge in [0.25, 0.3) is 5.91 Å². The molecule has 2 heterocycles. The molecule has 1 amide bonds. The van der Waals surface area contributed by atoms with E-state index in [4.69, 9.17) is 0 Å². The molecule has 0 bridgehead atoms. The van der Waals surface area contributed by atoms with Gasteiger partial charge in [0, 0.05) is 22.8 Å². The van der Waals surface area contributed by atoms with Crippen molar-refractivity contribution in [2.75, 3.05) is 5.32 Å². The van der Waals surface area contributed by atoms with Gasteiger partial charge >= 0.3 is 0 Å². The molecule has 0 aliphatic heterocycles. The average Bonchev–Trinajstić information content (AvgIpc) is 2.80. The first kappa shape index (κ1) is 15.1. The monoisotopic (exact) mass is 309 g/mol. The Kier molecular flexibility index (Phi) is 3.56. The van der Waals surface area contributed by atoms with Crippen molar-refractivity contribution < 1.29 is 9.90 Å². The highest BCUT2D eigenvalue weighted by Gasteiger charge is 2.28. The van der Waals surface area contributed by atoms with Crippen LogP contribution < -0.4 is 5.32 Å². The molecule has 0 aliphatic rings. The average molecular weight is 309 g/mol. The summed E-state index contributed by atoms with van der Waals surface area (Å²) in [5.74, 6) is -0.422. The number of aromatic hydroxyl groups is 1. The topological polar surface area (TPSA) is 67.2 Å². The number of carbonyl (C=O) groups excluding carboxylic acids is 1. The first-order chi connectivity index (χ1) is 10.9. The molecular weight excluding hydrogens is 290 g/mol. The Morgan fingerprint density at radius 3 is 2.48 bits per heavy atom. The van der Waals surface area contributed by atoms with Gasteiger partial charge in [0.05, 0.1) is 0 Å². The Balaban J connectivity index is 2.14. The third-order valence-corrected chi connectivity index (χ3v) is 3.63. The predicted octanol–water partition coefficient (Wildman–Crippen LogP) is 3.75. The Morgan fingerprint density at radius 2 is 1.83 bits per heavy atom. The number of fused-ring (bicyclic) bond motifs is 1. The number of para-hydroxylation sites is 1. The summed E-state index contributed by atoms with van der Waals surface area (Å²) in [7, 11) is 0. The molecule has 3 rings (SSSR count). The molecule has 23 heavy (non-hydrogen) atoms. The van der Waals surface area contributed by atoms with Crippen LogP contribution in [0, 0.1) is 0 Å². The zero-order valence-electron chi connectivity index (χ0n) is 13.4. The van der Waals surface area contributed by atoms with Crippen molar-refractivity contribution in [3.8, 4) is 5.88 Å². The van der Waals surface area contributed by atoms with Crippen LogP contribution in [0.5, 0.6) is 5.88 Å². The number of amides is 1. The van der Waals surface area contributed by atoms with Crippen LogP contribution in [0.15, 0.2) is 48.7 Å². The fourth-order valence-electron chi connectivity index (χ4n) is 2.68. The summed E-state index contributed by atoms with van der Waals surface area (Å²) in [5.41, 5.74) is 1.11.